The summed E-state index contributed by atoms with van der Waals surface area (Å²) in [5.74, 6) is -2.29. The third-order valence-electron chi connectivity index (χ3n) is 5.46. The highest BCUT2D eigenvalue weighted by Crippen LogP contribution is 2.40. The Hall–Kier alpha value is -4.00. The Morgan fingerprint density at radius 3 is 2.34 bits per heavy atom. The number of likely N-dealkylation sites (tertiary alicyclic amines) is 1. The van der Waals surface area contributed by atoms with E-state index in [0.29, 0.717) is 5.56 Å². The van der Waals surface area contributed by atoms with Crippen LogP contribution in [0, 0.1) is 5.82 Å². The molecule has 0 radical (unpaired) electrons. The minimum atomic E-state index is -0.795. The van der Waals surface area contributed by atoms with Gasteiger partial charge in [0.05, 0.1) is 11.6 Å². The van der Waals surface area contributed by atoms with E-state index in [0.717, 1.165) is 11.3 Å². The zero-order valence-corrected chi connectivity index (χ0v) is 17.7. The molecule has 0 spiro atoms. The lowest BCUT2D eigenvalue weighted by Gasteiger charge is -2.26. The number of hydrogen-bond donors (Lipinski definition) is 1. The van der Waals surface area contributed by atoms with Crippen LogP contribution in [0.4, 0.5) is 10.1 Å². The van der Waals surface area contributed by atoms with Gasteiger partial charge < -0.3 is 14.9 Å². The van der Waals surface area contributed by atoms with E-state index in [2.05, 4.69) is 4.98 Å². The molecule has 1 aliphatic heterocycles. The lowest BCUT2D eigenvalue weighted by molar-refractivity contribution is -0.140. The molecule has 0 saturated carbocycles. The molecule has 4 rings (SSSR count). The number of nitrogens with zero attached hydrogens (tertiary/aromatic N) is 3. The highest BCUT2D eigenvalue weighted by atomic mass is 19.1. The normalized spacial score (nSPS) is 17.6. The Balaban J connectivity index is 1.84. The average molecular weight is 431 g/mol. The summed E-state index contributed by atoms with van der Waals surface area (Å²) in [5.41, 5.74) is 2.63. The van der Waals surface area contributed by atoms with Crippen LogP contribution in [0.2, 0.25) is 0 Å². The van der Waals surface area contributed by atoms with Crippen molar-refractivity contribution >= 4 is 23.1 Å². The van der Waals surface area contributed by atoms with Crippen LogP contribution in [0.5, 0.6) is 0 Å². The van der Waals surface area contributed by atoms with Gasteiger partial charge >= 0.3 is 0 Å². The van der Waals surface area contributed by atoms with Crippen LogP contribution in [0.3, 0.4) is 0 Å². The monoisotopic (exact) mass is 431 g/mol. The van der Waals surface area contributed by atoms with Crippen LogP contribution in [-0.4, -0.2) is 40.8 Å². The zero-order valence-electron chi connectivity index (χ0n) is 17.7. The van der Waals surface area contributed by atoms with Crippen molar-refractivity contribution in [3.8, 4) is 0 Å². The molecule has 6 nitrogen and oxygen atoms in total. The second-order valence-electron chi connectivity index (χ2n) is 7.78. The van der Waals surface area contributed by atoms with Crippen LogP contribution in [0.25, 0.3) is 5.76 Å². The number of halogens is 1. The summed E-state index contributed by atoms with van der Waals surface area (Å²) in [5, 5.41) is 11.0. The number of Topliss-reactive ketones (excluding diaryl/α,β-unsaturated/α-hetero) is 1. The van der Waals surface area contributed by atoms with Gasteiger partial charge in [-0.2, -0.15) is 0 Å². The van der Waals surface area contributed by atoms with Gasteiger partial charge in [0.2, 0.25) is 0 Å². The SMILES string of the molecule is CN(C)c1ccc(C2/C(=C(\O)c3ccc(F)cc3)C(=O)C(=O)N2Cc2cccnc2)cc1. The van der Waals surface area contributed by atoms with E-state index in [1.54, 1.807) is 18.5 Å². The maximum Gasteiger partial charge on any atom is 0.295 e. The Labute approximate surface area is 185 Å². The molecule has 2 heterocycles. The van der Waals surface area contributed by atoms with Crippen molar-refractivity contribution in [1.82, 2.24) is 9.88 Å². The van der Waals surface area contributed by atoms with Crippen LogP contribution < -0.4 is 4.90 Å². The second-order valence-corrected chi connectivity index (χ2v) is 7.78. The highest BCUT2D eigenvalue weighted by Gasteiger charge is 2.46. The summed E-state index contributed by atoms with van der Waals surface area (Å²) in [4.78, 5) is 33.5. The van der Waals surface area contributed by atoms with E-state index in [4.69, 9.17) is 0 Å². The first-order chi connectivity index (χ1) is 15.4. The molecule has 1 aliphatic rings. The van der Waals surface area contributed by atoms with Crippen molar-refractivity contribution in [2.75, 3.05) is 19.0 Å². The predicted molar refractivity (Wildman–Crippen MR) is 119 cm³/mol. The maximum atomic E-state index is 13.4. The van der Waals surface area contributed by atoms with Crippen molar-refractivity contribution in [2.24, 2.45) is 0 Å². The van der Waals surface area contributed by atoms with Gasteiger partial charge in [-0.3, -0.25) is 14.6 Å². The minimum absolute atomic E-state index is 0.0249. The number of carbonyl (C=O) groups is 2. The molecule has 0 aliphatic carbocycles. The van der Waals surface area contributed by atoms with Crippen LogP contribution in [0.1, 0.15) is 22.7 Å². The number of ketones is 1. The molecule has 1 saturated heterocycles. The highest BCUT2D eigenvalue weighted by molar-refractivity contribution is 6.46. The molecule has 1 atom stereocenters. The molecule has 7 heteroatoms. The number of rotatable bonds is 5. The molecule has 3 aromatic rings. The quantitative estimate of drug-likeness (QED) is 0.377. The smallest absolute Gasteiger partial charge is 0.295 e. The van der Waals surface area contributed by atoms with E-state index >= 15 is 0 Å². The van der Waals surface area contributed by atoms with Crippen molar-refractivity contribution < 1.29 is 19.1 Å². The summed E-state index contributed by atoms with van der Waals surface area (Å²) in [6, 6.07) is 15.4. The first kappa shape index (κ1) is 21.2. The average Bonchev–Trinajstić information content (AvgIpc) is 3.05. The van der Waals surface area contributed by atoms with Gasteiger partial charge in [-0.25, -0.2) is 4.39 Å². The number of aromatic nitrogens is 1. The van der Waals surface area contributed by atoms with Crippen molar-refractivity contribution in [3.63, 3.8) is 0 Å². The molecule has 0 bridgehead atoms. The number of hydrogen-bond acceptors (Lipinski definition) is 5. The van der Waals surface area contributed by atoms with Gasteiger partial charge in [0.25, 0.3) is 11.7 Å². The fourth-order valence-electron chi connectivity index (χ4n) is 3.80. The molecule has 32 heavy (non-hydrogen) atoms. The molecule has 1 aromatic heterocycles. The molecule has 1 fully saturated rings. The summed E-state index contributed by atoms with van der Waals surface area (Å²) in [7, 11) is 3.83. The molecule has 2 aromatic carbocycles. The number of anilines is 1. The third kappa shape index (κ3) is 3.97. The molecule has 1 unspecified atom stereocenters. The van der Waals surface area contributed by atoms with Gasteiger partial charge in [0.1, 0.15) is 11.6 Å². The number of aliphatic hydroxyl groups is 1. The van der Waals surface area contributed by atoms with Crippen molar-refractivity contribution in [3.05, 3.63) is 101 Å². The van der Waals surface area contributed by atoms with E-state index in [1.807, 2.05) is 49.3 Å². The Morgan fingerprint density at radius 1 is 1.06 bits per heavy atom. The van der Waals surface area contributed by atoms with Crippen LogP contribution in [-0.2, 0) is 16.1 Å². The lowest BCUT2D eigenvalue weighted by Crippen LogP contribution is -2.29. The van der Waals surface area contributed by atoms with E-state index < -0.39 is 23.5 Å². The lowest BCUT2D eigenvalue weighted by atomic mass is 9.95. The molecule has 1 amide bonds. The summed E-state index contributed by atoms with van der Waals surface area (Å²) < 4.78 is 13.4. The first-order valence-electron chi connectivity index (χ1n) is 10.1. The second kappa shape index (κ2) is 8.63. The molecule has 162 valence electrons. The van der Waals surface area contributed by atoms with Crippen molar-refractivity contribution in [2.45, 2.75) is 12.6 Å². The Bertz CT molecular complexity index is 1170. The van der Waals surface area contributed by atoms with Crippen LogP contribution in [0.15, 0.2) is 78.6 Å². The first-order valence-corrected chi connectivity index (χ1v) is 10.1. The molecule has 1 N–H and O–H groups in total. The van der Waals surface area contributed by atoms with Gasteiger partial charge in [0, 0.05) is 44.3 Å². The fourth-order valence-corrected chi connectivity index (χ4v) is 3.80. The van der Waals surface area contributed by atoms with Gasteiger partial charge in [0.15, 0.2) is 0 Å². The van der Waals surface area contributed by atoms with Crippen molar-refractivity contribution in [1.29, 1.82) is 0 Å². The number of pyridine rings is 1. The maximum absolute atomic E-state index is 13.4. The molecular formula is C25H22FN3O3. The van der Waals surface area contributed by atoms with Gasteiger partial charge in [-0.15, -0.1) is 0 Å². The summed E-state index contributed by atoms with van der Waals surface area (Å²) in [6.07, 6.45) is 3.26. The standard InChI is InChI=1S/C25H22FN3O3/c1-28(2)20-11-7-17(8-12-20)22-21(23(30)18-5-9-19(26)10-6-18)24(31)25(32)29(22)15-16-4-3-13-27-14-16/h3-14,22,30H,15H2,1-2H3/b23-21+. The van der Waals surface area contributed by atoms with Gasteiger partial charge in [-0.1, -0.05) is 18.2 Å². The Kier molecular flexibility index (Phi) is 5.73. The third-order valence-corrected chi connectivity index (χ3v) is 5.46. The molecular weight excluding hydrogens is 409 g/mol. The summed E-state index contributed by atoms with van der Waals surface area (Å²) in [6.45, 7) is 0.151. The Morgan fingerprint density at radius 2 is 1.75 bits per heavy atom. The zero-order chi connectivity index (χ0) is 22.8. The predicted octanol–water partition coefficient (Wildman–Crippen LogP) is 3.91. The van der Waals surface area contributed by atoms with Crippen LogP contribution >= 0.6 is 0 Å². The number of benzene rings is 2. The van der Waals surface area contributed by atoms with E-state index in [9.17, 15) is 19.1 Å². The number of aliphatic hydroxyl groups excluding tert-OH is 1. The minimum Gasteiger partial charge on any atom is -0.507 e. The van der Waals surface area contributed by atoms with Gasteiger partial charge in [-0.05, 0) is 53.6 Å². The van der Waals surface area contributed by atoms with E-state index in [-0.39, 0.29) is 23.4 Å². The number of carbonyl (C=O) groups excluding carboxylic acids is 2. The topological polar surface area (TPSA) is 73.7 Å². The van der Waals surface area contributed by atoms with E-state index in [1.165, 1.54) is 29.2 Å². The largest absolute Gasteiger partial charge is 0.507 e. The fraction of sp³-hybridized carbons (Fsp3) is 0.160. The summed E-state index contributed by atoms with van der Waals surface area (Å²) >= 11 is 0. The number of amides is 1.